The molecule has 1 aromatic carbocycles. The van der Waals surface area contributed by atoms with E-state index in [0.29, 0.717) is 11.3 Å². The fourth-order valence-corrected chi connectivity index (χ4v) is 1.33. The highest BCUT2D eigenvalue weighted by atomic mass is 14.7. The van der Waals surface area contributed by atoms with Gasteiger partial charge < -0.3 is 0 Å². The Kier molecular flexibility index (Phi) is 2.58. The van der Waals surface area contributed by atoms with Crippen molar-refractivity contribution < 1.29 is 0 Å². The molecule has 0 aromatic heterocycles. The van der Waals surface area contributed by atoms with Crippen LogP contribution in [-0.2, 0) is 5.41 Å². The monoisotopic (exact) mass is 184 g/mol. The summed E-state index contributed by atoms with van der Waals surface area (Å²) in [5, 5.41) is 8.70. The molecule has 0 radical (unpaired) electrons. The van der Waals surface area contributed by atoms with Crippen LogP contribution in [0.3, 0.4) is 0 Å². The van der Waals surface area contributed by atoms with Crippen molar-refractivity contribution in [2.45, 2.75) is 26.2 Å². The summed E-state index contributed by atoms with van der Waals surface area (Å²) in [6, 6.07) is 7.31. The molecule has 0 N–H and O–H groups in total. The molecule has 1 rings (SSSR count). The number of rotatable bonds is 0. The Labute approximate surface area is 84.6 Å². The van der Waals surface area contributed by atoms with Gasteiger partial charge in [0.25, 0.3) is 0 Å². The first-order chi connectivity index (χ1) is 6.49. The van der Waals surface area contributed by atoms with Crippen molar-refractivity contribution in [2.24, 2.45) is 0 Å². The second-order valence-electron chi connectivity index (χ2n) is 4.21. The van der Waals surface area contributed by atoms with Crippen molar-refractivity contribution in [3.8, 4) is 6.07 Å². The first-order valence-electron chi connectivity index (χ1n) is 4.41. The van der Waals surface area contributed by atoms with Gasteiger partial charge in [-0.2, -0.15) is 5.26 Å². The van der Waals surface area contributed by atoms with Gasteiger partial charge in [-0.25, -0.2) is 4.85 Å². The van der Waals surface area contributed by atoms with E-state index >= 15 is 0 Å². The van der Waals surface area contributed by atoms with E-state index in [2.05, 4.69) is 25.6 Å². The fraction of sp³-hybridized carbons (Fsp3) is 0.333. The highest BCUT2D eigenvalue weighted by Gasteiger charge is 2.17. The topological polar surface area (TPSA) is 28.1 Å². The van der Waals surface area contributed by atoms with Crippen LogP contribution in [0.4, 0.5) is 5.69 Å². The summed E-state index contributed by atoms with van der Waals surface area (Å²) in [5.41, 5.74) is 2.07. The highest BCUT2D eigenvalue weighted by molar-refractivity contribution is 5.58. The minimum atomic E-state index is -0.0477. The smallest absolute Gasteiger partial charge is 0.192 e. The maximum atomic E-state index is 8.70. The molecule has 0 aliphatic carbocycles. The molecule has 0 fully saturated rings. The van der Waals surface area contributed by atoms with Crippen LogP contribution in [0.1, 0.15) is 31.9 Å². The summed E-state index contributed by atoms with van der Waals surface area (Å²) in [6.45, 7) is 13.2. The Hall–Kier alpha value is -1.80. The Balaban J connectivity index is 3.37. The Morgan fingerprint density at radius 3 is 2.43 bits per heavy atom. The molecule has 0 saturated heterocycles. The summed E-state index contributed by atoms with van der Waals surface area (Å²) in [5.74, 6) is 0. The van der Waals surface area contributed by atoms with Crippen molar-refractivity contribution in [2.75, 3.05) is 0 Å². The predicted molar refractivity (Wildman–Crippen MR) is 56.1 cm³/mol. The van der Waals surface area contributed by atoms with E-state index in [1.807, 2.05) is 12.1 Å². The predicted octanol–water partition coefficient (Wildman–Crippen LogP) is 3.41. The lowest BCUT2D eigenvalue weighted by Crippen LogP contribution is -2.10. The van der Waals surface area contributed by atoms with E-state index in [9.17, 15) is 0 Å². The van der Waals surface area contributed by atoms with Gasteiger partial charge in [-0.1, -0.05) is 26.8 Å². The summed E-state index contributed by atoms with van der Waals surface area (Å²) < 4.78 is 0. The molecular weight excluding hydrogens is 172 g/mol. The summed E-state index contributed by atoms with van der Waals surface area (Å²) in [4.78, 5) is 3.44. The number of nitriles is 1. The van der Waals surface area contributed by atoms with Crippen molar-refractivity contribution >= 4 is 5.69 Å². The van der Waals surface area contributed by atoms with Crippen LogP contribution >= 0.6 is 0 Å². The zero-order valence-electron chi connectivity index (χ0n) is 8.63. The van der Waals surface area contributed by atoms with Gasteiger partial charge in [-0.15, -0.1) is 0 Å². The molecular formula is C12H12N2. The van der Waals surface area contributed by atoms with Gasteiger partial charge in [-0.05, 0) is 23.1 Å². The molecule has 0 aliphatic heterocycles. The third-order valence-electron chi connectivity index (χ3n) is 2.06. The average molecular weight is 184 g/mol. The zero-order valence-corrected chi connectivity index (χ0v) is 8.63. The van der Waals surface area contributed by atoms with E-state index in [0.717, 1.165) is 5.56 Å². The number of nitrogens with zero attached hydrogens (tertiary/aromatic N) is 2. The Morgan fingerprint density at radius 1 is 1.36 bits per heavy atom. The quantitative estimate of drug-likeness (QED) is 0.568. The molecule has 2 nitrogen and oxygen atoms in total. The van der Waals surface area contributed by atoms with Crippen molar-refractivity contribution in [3.63, 3.8) is 0 Å². The van der Waals surface area contributed by atoms with Crippen molar-refractivity contribution in [3.05, 3.63) is 40.7 Å². The molecule has 0 atom stereocenters. The number of hydrogen-bond donors (Lipinski definition) is 0. The summed E-state index contributed by atoms with van der Waals surface area (Å²) in [6.07, 6.45) is 0. The molecule has 0 aliphatic rings. The third-order valence-corrected chi connectivity index (χ3v) is 2.06. The highest BCUT2D eigenvalue weighted by Crippen LogP contribution is 2.32. The molecule has 0 unspecified atom stereocenters. The molecule has 0 spiro atoms. The molecule has 0 saturated carbocycles. The second-order valence-corrected chi connectivity index (χ2v) is 4.21. The fourth-order valence-electron chi connectivity index (χ4n) is 1.33. The minimum Gasteiger partial charge on any atom is -0.238 e. The number of benzene rings is 1. The van der Waals surface area contributed by atoms with Crippen LogP contribution < -0.4 is 0 Å². The van der Waals surface area contributed by atoms with E-state index in [-0.39, 0.29) is 5.41 Å². The van der Waals surface area contributed by atoms with Gasteiger partial charge in [0.2, 0.25) is 0 Å². The SMILES string of the molecule is [C-]#[N+]c1cc(C#N)ccc1C(C)(C)C. The molecule has 14 heavy (non-hydrogen) atoms. The van der Waals surface area contributed by atoms with E-state index in [1.165, 1.54) is 0 Å². The standard InChI is InChI=1S/C12H12N2/c1-12(2,3)10-6-5-9(8-13)7-11(10)14-4/h5-7H,1-3H3. The molecule has 70 valence electrons. The average Bonchev–Trinajstić information content (AvgIpc) is 2.15. The van der Waals surface area contributed by atoms with Crippen LogP contribution in [-0.4, -0.2) is 0 Å². The molecule has 0 heterocycles. The lowest BCUT2D eigenvalue weighted by molar-refractivity contribution is 0.593. The Morgan fingerprint density at radius 2 is 2.00 bits per heavy atom. The van der Waals surface area contributed by atoms with E-state index in [1.54, 1.807) is 12.1 Å². The lowest BCUT2D eigenvalue weighted by atomic mass is 9.85. The maximum absolute atomic E-state index is 8.70. The van der Waals surface area contributed by atoms with Crippen molar-refractivity contribution in [1.82, 2.24) is 0 Å². The molecule has 0 amide bonds. The van der Waals surface area contributed by atoms with Crippen LogP contribution in [0.2, 0.25) is 0 Å². The van der Waals surface area contributed by atoms with Gasteiger partial charge in [-0.3, -0.25) is 0 Å². The van der Waals surface area contributed by atoms with Crippen LogP contribution in [0.25, 0.3) is 4.85 Å². The molecule has 0 bridgehead atoms. The summed E-state index contributed by atoms with van der Waals surface area (Å²) >= 11 is 0. The first kappa shape index (κ1) is 10.3. The van der Waals surface area contributed by atoms with Gasteiger partial charge in [0.1, 0.15) is 0 Å². The van der Waals surface area contributed by atoms with Gasteiger partial charge in [0.15, 0.2) is 5.69 Å². The van der Waals surface area contributed by atoms with Crippen LogP contribution in [0, 0.1) is 17.9 Å². The maximum Gasteiger partial charge on any atom is 0.192 e. The van der Waals surface area contributed by atoms with Gasteiger partial charge >= 0.3 is 0 Å². The van der Waals surface area contributed by atoms with Crippen LogP contribution in [0.15, 0.2) is 18.2 Å². The largest absolute Gasteiger partial charge is 0.238 e. The first-order valence-corrected chi connectivity index (χ1v) is 4.41. The van der Waals surface area contributed by atoms with E-state index in [4.69, 9.17) is 11.8 Å². The molecule has 1 aromatic rings. The van der Waals surface area contributed by atoms with E-state index < -0.39 is 0 Å². The number of hydrogen-bond acceptors (Lipinski definition) is 1. The van der Waals surface area contributed by atoms with Crippen LogP contribution in [0.5, 0.6) is 0 Å². The zero-order chi connectivity index (χ0) is 10.8. The lowest BCUT2D eigenvalue weighted by Gasteiger charge is -2.20. The minimum absolute atomic E-state index is 0.0477. The summed E-state index contributed by atoms with van der Waals surface area (Å²) in [7, 11) is 0. The second kappa shape index (κ2) is 3.52. The van der Waals surface area contributed by atoms with Crippen molar-refractivity contribution in [1.29, 1.82) is 5.26 Å². The molecule has 2 heteroatoms. The van der Waals surface area contributed by atoms with Gasteiger partial charge in [0.05, 0.1) is 12.6 Å². The normalized spacial score (nSPS) is 10.4. The van der Waals surface area contributed by atoms with Gasteiger partial charge in [0, 0.05) is 5.56 Å². The Bertz CT molecular complexity index is 425. The third kappa shape index (κ3) is 1.92.